The fourth-order valence-corrected chi connectivity index (χ4v) is 5.12. The quantitative estimate of drug-likeness (QED) is 0.284. The molecule has 3 aromatic carbocycles. The highest BCUT2D eigenvalue weighted by atomic mass is 32.2. The molecule has 1 aliphatic rings. The number of rotatable bonds is 6. The lowest BCUT2D eigenvalue weighted by Crippen LogP contribution is -2.37. The molecule has 34 heavy (non-hydrogen) atoms. The topological polar surface area (TPSA) is 53.4 Å². The van der Waals surface area contributed by atoms with Crippen molar-refractivity contribution in [3.63, 3.8) is 0 Å². The monoisotopic (exact) mass is 483 g/mol. The first-order valence-electron chi connectivity index (χ1n) is 11.3. The van der Waals surface area contributed by atoms with E-state index in [2.05, 4.69) is 82.2 Å². The molecule has 4 aromatic rings. The third-order valence-electron chi connectivity index (χ3n) is 5.95. The first kappa shape index (κ1) is 22.5. The molecule has 0 saturated heterocycles. The number of hydrazone groups is 1. The number of nitrogens with one attached hydrogen (secondary N) is 1. The number of thioether (sulfide) groups is 1. The molecule has 0 saturated carbocycles. The van der Waals surface area contributed by atoms with Crippen molar-refractivity contribution in [2.45, 2.75) is 23.8 Å². The number of nitrogens with zero attached hydrogens (tertiary/aromatic N) is 4. The van der Waals surface area contributed by atoms with Gasteiger partial charge in [-0.3, -0.25) is 9.97 Å². The van der Waals surface area contributed by atoms with Gasteiger partial charge in [0.2, 0.25) is 0 Å². The van der Waals surface area contributed by atoms with E-state index in [1.165, 1.54) is 10.5 Å². The highest BCUT2D eigenvalue weighted by Gasteiger charge is 2.32. The Labute approximate surface area is 209 Å². The first-order valence-corrected chi connectivity index (χ1v) is 12.9. The van der Waals surface area contributed by atoms with Crippen molar-refractivity contribution in [3.8, 4) is 0 Å². The van der Waals surface area contributed by atoms with Crippen LogP contribution in [0.25, 0.3) is 11.0 Å². The van der Waals surface area contributed by atoms with E-state index < -0.39 is 0 Å². The number of benzene rings is 3. The van der Waals surface area contributed by atoms with Gasteiger partial charge in [-0.25, -0.2) is 5.01 Å². The Bertz CT molecular complexity index is 1340. The minimum absolute atomic E-state index is 0.00644. The maximum atomic E-state index is 5.84. The molecular weight excluding hydrogens is 458 g/mol. The summed E-state index contributed by atoms with van der Waals surface area (Å²) in [5.41, 5.74) is 6.37. The summed E-state index contributed by atoms with van der Waals surface area (Å²) < 4.78 is 0. The lowest BCUT2D eigenvalue weighted by Gasteiger charge is -2.25. The van der Waals surface area contributed by atoms with Crippen molar-refractivity contribution in [2.75, 3.05) is 12.8 Å². The van der Waals surface area contributed by atoms with Gasteiger partial charge >= 0.3 is 0 Å². The molecule has 2 heterocycles. The normalized spacial score (nSPS) is 15.4. The van der Waals surface area contributed by atoms with E-state index in [1.807, 2.05) is 17.1 Å². The highest BCUT2D eigenvalue weighted by molar-refractivity contribution is 7.98. The van der Waals surface area contributed by atoms with Crippen molar-refractivity contribution in [3.05, 3.63) is 102 Å². The summed E-state index contributed by atoms with van der Waals surface area (Å²) in [4.78, 5) is 10.1. The van der Waals surface area contributed by atoms with Crippen molar-refractivity contribution in [1.82, 2.24) is 20.3 Å². The Morgan fingerprint density at radius 1 is 1.00 bits per heavy atom. The molecule has 1 atom stereocenters. The molecule has 5 rings (SSSR count). The Balaban J connectivity index is 1.43. The molecule has 0 fully saturated rings. The number of hydrogen-bond acceptors (Lipinski definition) is 5. The van der Waals surface area contributed by atoms with Gasteiger partial charge in [-0.15, -0.1) is 11.8 Å². The van der Waals surface area contributed by atoms with Crippen LogP contribution in [0.3, 0.4) is 0 Å². The van der Waals surface area contributed by atoms with Crippen molar-refractivity contribution in [2.24, 2.45) is 5.10 Å². The van der Waals surface area contributed by atoms with Crippen LogP contribution in [-0.4, -0.2) is 38.6 Å². The maximum Gasteiger partial charge on any atom is 0.190 e. The number of fused-ring (bicyclic) bond motifs is 1. The molecule has 1 N–H and O–H groups in total. The van der Waals surface area contributed by atoms with Gasteiger partial charge in [-0.1, -0.05) is 54.6 Å². The summed E-state index contributed by atoms with van der Waals surface area (Å²) in [6, 6.07) is 25.1. The summed E-state index contributed by atoms with van der Waals surface area (Å²) in [7, 11) is 0. The number of hydrogen-bond donors (Lipinski definition) is 1. The van der Waals surface area contributed by atoms with Gasteiger partial charge in [0.25, 0.3) is 0 Å². The summed E-state index contributed by atoms with van der Waals surface area (Å²) in [6.45, 7) is 0.752. The number of aromatic nitrogens is 2. The van der Waals surface area contributed by atoms with Crippen LogP contribution < -0.4 is 5.32 Å². The van der Waals surface area contributed by atoms with Crippen LogP contribution in [0.4, 0.5) is 0 Å². The van der Waals surface area contributed by atoms with E-state index in [1.54, 1.807) is 24.2 Å². The molecule has 0 amide bonds. The average molecular weight is 484 g/mol. The third-order valence-corrected chi connectivity index (χ3v) is 7.07. The molecule has 7 heteroatoms. The Kier molecular flexibility index (Phi) is 6.83. The van der Waals surface area contributed by atoms with Crippen LogP contribution >= 0.6 is 24.0 Å². The zero-order chi connectivity index (χ0) is 23.3. The van der Waals surface area contributed by atoms with E-state index in [-0.39, 0.29) is 6.04 Å². The summed E-state index contributed by atoms with van der Waals surface area (Å²) >= 11 is 7.58. The van der Waals surface area contributed by atoms with Crippen LogP contribution in [0.5, 0.6) is 0 Å². The predicted molar refractivity (Wildman–Crippen MR) is 144 cm³/mol. The van der Waals surface area contributed by atoms with Crippen LogP contribution in [0, 0.1) is 0 Å². The SMILES string of the molecule is CSc1ccccc1C1=NN(C(=S)NCCc2ccccc2)[C@@H](c2ccc3nccnc3c2)C1. The summed E-state index contributed by atoms with van der Waals surface area (Å²) in [5, 5.41) is 11.1. The zero-order valence-electron chi connectivity index (χ0n) is 18.9. The molecular formula is C27H25N5S2. The van der Waals surface area contributed by atoms with Crippen molar-refractivity contribution < 1.29 is 0 Å². The van der Waals surface area contributed by atoms with E-state index in [0.717, 1.165) is 47.3 Å². The van der Waals surface area contributed by atoms with Gasteiger partial charge in [0.15, 0.2) is 5.11 Å². The van der Waals surface area contributed by atoms with E-state index in [9.17, 15) is 0 Å². The Morgan fingerprint density at radius 3 is 2.59 bits per heavy atom. The van der Waals surface area contributed by atoms with Crippen LogP contribution in [0.15, 0.2) is 95.2 Å². The predicted octanol–water partition coefficient (Wildman–Crippen LogP) is 5.62. The van der Waals surface area contributed by atoms with Gasteiger partial charge in [-0.05, 0) is 54.2 Å². The lowest BCUT2D eigenvalue weighted by atomic mass is 9.98. The standard InChI is InChI=1S/C27H25N5S2/c1-34-26-10-6-5-9-21(26)23-18-25(20-11-12-22-24(17-20)29-16-15-28-22)32(31-23)27(33)30-14-13-19-7-3-2-4-8-19/h2-12,15-17,25H,13-14,18H2,1H3,(H,30,33)/t25-/m1/s1. The fraction of sp³-hybridized carbons (Fsp3) is 0.185. The van der Waals surface area contributed by atoms with Crippen molar-refractivity contribution >= 4 is 45.8 Å². The molecule has 0 spiro atoms. The van der Waals surface area contributed by atoms with E-state index in [0.29, 0.717) is 5.11 Å². The maximum absolute atomic E-state index is 5.84. The van der Waals surface area contributed by atoms with Crippen LogP contribution in [0.2, 0.25) is 0 Å². The smallest absolute Gasteiger partial charge is 0.190 e. The lowest BCUT2D eigenvalue weighted by molar-refractivity contribution is 0.364. The van der Waals surface area contributed by atoms with Gasteiger partial charge in [0.1, 0.15) is 0 Å². The fourth-order valence-electron chi connectivity index (χ4n) is 4.23. The molecule has 0 unspecified atom stereocenters. The van der Waals surface area contributed by atoms with Crippen molar-refractivity contribution in [1.29, 1.82) is 0 Å². The molecule has 170 valence electrons. The Hall–Kier alpha value is -3.29. The van der Waals surface area contributed by atoms with Gasteiger partial charge < -0.3 is 5.32 Å². The number of thiocarbonyl (C=S) groups is 1. The molecule has 0 aliphatic carbocycles. The minimum atomic E-state index is -0.00644. The van der Waals surface area contributed by atoms with E-state index in [4.69, 9.17) is 17.3 Å². The second-order valence-corrected chi connectivity index (χ2v) is 9.32. The largest absolute Gasteiger partial charge is 0.361 e. The molecule has 0 bridgehead atoms. The second kappa shape index (κ2) is 10.3. The van der Waals surface area contributed by atoms with Gasteiger partial charge in [-0.2, -0.15) is 5.10 Å². The van der Waals surface area contributed by atoms with Gasteiger partial charge in [0, 0.05) is 35.8 Å². The minimum Gasteiger partial charge on any atom is -0.361 e. The summed E-state index contributed by atoms with van der Waals surface area (Å²) in [5.74, 6) is 0. The summed E-state index contributed by atoms with van der Waals surface area (Å²) in [6.07, 6.45) is 7.21. The molecule has 0 radical (unpaired) electrons. The average Bonchev–Trinajstić information content (AvgIpc) is 3.34. The third kappa shape index (κ3) is 4.81. The zero-order valence-corrected chi connectivity index (χ0v) is 20.5. The molecule has 1 aliphatic heterocycles. The Morgan fingerprint density at radius 2 is 1.76 bits per heavy atom. The highest BCUT2D eigenvalue weighted by Crippen LogP contribution is 2.35. The second-order valence-electron chi connectivity index (χ2n) is 8.08. The van der Waals surface area contributed by atoms with E-state index >= 15 is 0 Å². The van der Waals surface area contributed by atoms with Crippen LogP contribution in [-0.2, 0) is 6.42 Å². The molecule has 1 aromatic heterocycles. The first-order chi connectivity index (χ1) is 16.7. The molecule has 5 nitrogen and oxygen atoms in total. The van der Waals surface area contributed by atoms with Gasteiger partial charge in [0.05, 0.1) is 22.8 Å². The van der Waals surface area contributed by atoms with Crippen LogP contribution in [0.1, 0.15) is 29.2 Å².